The molecule has 0 amide bonds. The number of esters is 1. The third-order valence-corrected chi connectivity index (χ3v) is 2.83. The van der Waals surface area contributed by atoms with Crippen LogP contribution in [-0.4, -0.2) is 19.6 Å². The Labute approximate surface area is 108 Å². The number of rotatable bonds is 5. The van der Waals surface area contributed by atoms with Crippen molar-refractivity contribution in [2.24, 2.45) is 11.8 Å². The van der Waals surface area contributed by atoms with Crippen LogP contribution in [0.4, 0.5) is 5.69 Å². The van der Waals surface area contributed by atoms with Crippen molar-refractivity contribution >= 4 is 11.7 Å². The molecular weight excluding hydrogens is 228 g/mol. The monoisotopic (exact) mass is 246 g/mol. The van der Waals surface area contributed by atoms with Gasteiger partial charge < -0.3 is 10.1 Å². The first kappa shape index (κ1) is 14.0. The van der Waals surface area contributed by atoms with E-state index in [0.29, 0.717) is 12.1 Å². The van der Waals surface area contributed by atoms with Gasteiger partial charge in [0.15, 0.2) is 0 Å². The van der Waals surface area contributed by atoms with E-state index in [4.69, 9.17) is 10.00 Å². The van der Waals surface area contributed by atoms with Gasteiger partial charge in [0.25, 0.3) is 0 Å². The minimum absolute atomic E-state index is 0.194. The summed E-state index contributed by atoms with van der Waals surface area (Å²) in [5, 5.41) is 12.0. The molecule has 4 nitrogen and oxygen atoms in total. The van der Waals surface area contributed by atoms with Crippen molar-refractivity contribution in [2.75, 3.05) is 19.0 Å². The summed E-state index contributed by atoms with van der Waals surface area (Å²) in [4.78, 5) is 11.6. The number of benzene rings is 1. The Morgan fingerprint density at radius 2 is 2.22 bits per heavy atom. The molecule has 0 fully saturated rings. The van der Waals surface area contributed by atoms with Gasteiger partial charge in [-0.1, -0.05) is 19.9 Å². The quantitative estimate of drug-likeness (QED) is 0.810. The maximum atomic E-state index is 11.6. The Bertz CT molecular complexity index is 449. The highest BCUT2D eigenvalue weighted by atomic mass is 16.5. The highest BCUT2D eigenvalue weighted by molar-refractivity contribution is 5.73. The van der Waals surface area contributed by atoms with Gasteiger partial charge in [0.2, 0.25) is 0 Å². The fraction of sp³-hybridized carbons (Fsp3) is 0.429. The summed E-state index contributed by atoms with van der Waals surface area (Å²) in [7, 11) is 1.40. The summed E-state index contributed by atoms with van der Waals surface area (Å²) in [5.74, 6) is -0.209. The molecule has 1 aromatic carbocycles. The smallest absolute Gasteiger partial charge is 0.310 e. The van der Waals surface area contributed by atoms with Gasteiger partial charge >= 0.3 is 5.97 Å². The molecule has 96 valence electrons. The van der Waals surface area contributed by atoms with E-state index in [-0.39, 0.29) is 17.8 Å². The van der Waals surface area contributed by atoms with E-state index in [9.17, 15) is 4.79 Å². The molecule has 0 aliphatic heterocycles. The molecule has 0 aliphatic rings. The third kappa shape index (κ3) is 3.77. The van der Waals surface area contributed by atoms with Crippen molar-refractivity contribution in [1.82, 2.24) is 0 Å². The normalized spacial score (nSPS) is 11.7. The van der Waals surface area contributed by atoms with E-state index in [0.717, 1.165) is 5.69 Å². The van der Waals surface area contributed by atoms with Gasteiger partial charge in [-0.25, -0.2) is 0 Å². The lowest BCUT2D eigenvalue weighted by atomic mass is 9.96. The second-order valence-corrected chi connectivity index (χ2v) is 4.45. The van der Waals surface area contributed by atoms with Gasteiger partial charge in [-0.3, -0.25) is 4.79 Å². The van der Waals surface area contributed by atoms with Gasteiger partial charge in [-0.15, -0.1) is 0 Å². The Morgan fingerprint density at radius 3 is 2.78 bits per heavy atom. The number of nitrogens with one attached hydrogen (secondary N) is 1. The van der Waals surface area contributed by atoms with Crippen LogP contribution < -0.4 is 5.32 Å². The fourth-order valence-electron chi connectivity index (χ4n) is 1.67. The van der Waals surface area contributed by atoms with Crippen molar-refractivity contribution in [3.8, 4) is 6.07 Å². The molecule has 4 heteroatoms. The van der Waals surface area contributed by atoms with Gasteiger partial charge in [-0.05, 0) is 24.1 Å². The average molecular weight is 246 g/mol. The number of ether oxygens (including phenoxy) is 1. The van der Waals surface area contributed by atoms with Crippen LogP contribution in [0.3, 0.4) is 0 Å². The molecule has 1 aromatic rings. The van der Waals surface area contributed by atoms with E-state index in [1.807, 2.05) is 26.0 Å². The fourth-order valence-corrected chi connectivity index (χ4v) is 1.67. The largest absolute Gasteiger partial charge is 0.469 e. The van der Waals surface area contributed by atoms with Crippen molar-refractivity contribution in [1.29, 1.82) is 5.26 Å². The van der Waals surface area contributed by atoms with Crippen LogP contribution >= 0.6 is 0 Å². The number of anilines is 1. The van der Waals surface area contributed by atoms with E-state index >= 15 is 0 Å². The molecule has 0 heterocycles. The molecule has 0 saturated carbocycles. The Balaban J connectivity index is 2.67. The van der Waals surface area contributed by atoms with Crippen LogP contribution in [0.5, 0.6) is 0 Å². The molecular formula is C14H18N2O2. The lowest BCUT2D eigenvalue weighted by Crippen LogP contribution is -2.28. The van der Waals surface area contributed by atoms with E-state index in [1.165, 1.54) is 7.11 Å². The summed E-state index contributed by atoms with van der Waals surface area (Å²) < 4.78 is 4.78. The highest BCUT2D eigenvalue weighted by Crippen LogP contribution is 2.15. The average Bonchev–Trinajstić information content (AvgIpc) is 2.38. The van der Waals surface area contributed by atoms with Crippen LogP contribution in [0.25, 0.3) is 0 Å². The minimum Gasteiger partial charge on any atom is -0.469 e. The van der Waals surface area contributed by atoms with Crippen molar-refractivity contribution in [3.63, 3.8) is 0 Å². The molecule has 0 radical (unpaired) electrons. The molecule has 1 atom stereocenters. The third-order valence-electron chi connectivity index (χ3n) is 2.83. The number of carbonyl (C=O) groups is 1. The van der Waals surface area contributed by atoms with Crippen LogP contribution in [-0.2, 0) is 9.53 Å². The number of methoxy groups -OCH3 is 1. The zero-order chi connectivity index (χ0) is 13.5. The van der Waals surface area contributed by atoms with E-state index in [1.54, 1.807) is 12.1 Å². The highest BCUT2D eigenvalue weighted by Gasteiger charge is 2.22. The summed E-state index contributed by atoms with van der Waals surface area (Å²) in [6.07, 6.45) is 0. The maximum absolute atomic E-state index is 11.6. The van der Waals surface area contributed by atoms with Crippen molar-refractivity contribution < 1.29 is 9.53 Å². The Morgan fingerprint density at radius 1 is 1.50 bits per heavy atom. The zero-order valence-electron chi connectivity index (χ0n) is 10.9. The van der Waals surface area contributed by atoms with Gasteiger partial charge in [0.05, 0.1) is 24.7 Å². The van der Waals surface area contributed by atoms with Crippen LogP contribution in [0.2, 0.25) is 0 Å². The molecule has 1 rings (SSSR count). The predicted molar refractivity (Wildman–Crippen MR) is 70.0 cm³/mol. The first-order valence-corrected chi connectivity index (χ1v) is 5.90. The van der Waals surface area contributed by atoms with Gasteiger partial charge in [0, 0.05) is 12.2 Å². The molecule has 0 saturated heterocycles. The van der Waals surface area contributed by atoms with Gasteiger partial charge in [0.1, 0.15) is 0 Å². The van der Waals surface area contributed by atoms with Gasteiger partial charge in [-0.2, -0.15) is 5.26 Å². The summed E-state index contributed by atoms with van der Waals surface area (Å²) in [6, 6.07) is 9.26. The Hall–Kier alpha value is -2.02. The summed E-state index contributed by atoms with van der Waals surface area (Å²) in [6.45, 7) is 4.46. The Kier molecular flexibility index (Phi) is 5.19. The number of carbonyl (C=O) groups excluding carboxylic acids is 1. The lowest BCUT2D eigenvalue weighted by Gasteiger charge is -2.19. The molecule has 0 bridgehead atoms. The minimum atomic E-state index is -0.214. The zero-order valence-corrected chi connectivity index (χ0v) is 10.9. The molecule has 0 spiro atoms. The van der Waals surface area contributed by atoms with Crippen molar-refractivity contribution in [2.45, 2.75) is 13.8 Å². The SMILES string of the molecule is COC(=O)C(CNc1cccc(C#N)c1)C(C)C. The number of nitrogens with zero attached hydrogens (tertiary/aromatic N) is 1. The maximum Gasteiger partial charge on any atom is 0.310 e. The molecule has 1 unspecified atom stereocenters. The van der Waals surface area contributed by atoms with E-state index in [2.05, 4.69) is 11.4 Å². The topological polar surface area (TPSA) is 62.1 Å². The first-order chi connectivity index (χ1) is 8.58. The standard InChI is InChI=1S/C14H18N2O2/c1-10(2)13(14(17)18-3)9-16-12-6-4-5-11(7-12)8-15/h4-7,10,13,16H,9H2,1-3H3. The molecule has 1 N–H and O–H groups in total. The molecule has 0 aliphatic carbocycles. The summed E-state index contributed by atoms with van der Waals surface area (Å²) in [5.41, 5.74) is 1.43. The summed E-state index contributed by atoms with van der Waals surface area (Å²) >= 11 is 0. The van der Waals surface area contributed by atoms with Crippen molar-refractivity contribution in [3.05, 3.63) is 29.8 Å². The van der Waals surface area contributed by atoms with Crippen LogP contribution in [0.1, 0.15) is 19.4 Å². The van der Waals surface area contributed by atoms with Crippen LogP contribution in [0.15, 0.2) is 24.3 Å². The lowest BCUT2D eigenvalue weighted by molar-refractivity contribution is -0.146. The molecule has 18 heavy (non-hydrogen) atoms. The second-order valence-electron chi connectivity index (χ2n) is 4.45. The van der Waals surface area contributed by atoms with Crippen LogP contribution in [0, 0.1) is 23.2 Å². The number of hydrogen-bond donors (Lipinski definition) is 1. The second kappa shape index (κ2) is 6.65. The first-order valence-electron chi connectivity index (χ1n) is 5.90. The molecule has 0 aromatic heterocycles. The number of hydrogen-bond acceptors (Lipinski definition) is 4. The van der Waals surface area contributed by atoms with E-state index < -0.39 is 0 Å². The predicted octanol–water partition coefficient (Wildman–Crippen LogP) is 2.42. The number of nitriles is 1.